The summed E-state index contributed by atoms with van der Waals surface area (Å²) in [6, 6.07) is 8.26. The van der Waals surface area contributed by atoms with Gasteiger partial charge in [0, 0.05) is 5.92 Å². The number of nitrogens with two attached hydrogens (primary N) is 1. The smallest absolute Gasteiger partial charge is 0.119 e. The predicted octanol–water partition coefficient (Wildman–Crippen LogP) is 2.50. The van der Waals surface area contributed by atoms with E-state index in [0.29, 0.717) is 12.0 Å². The Balaban J connectivity index is 1.99. The summed E-state index contributed by atoms with van der Waals surface area (Å²) in [4.78, 5) is 0. The molecule has 82 valence electrons. The molecule has 1 aromatic carbocycles. The molecule has 2 N–H and O–H groups in total. The maximum absolute atomic E-state index is 5.95. The molecule has 2 heteroatoms. The van der Waals surface area contributed by atoms with Gasteiger partial charge in [-0.25, -0.2) is 0 Å². The average Bonchev–Trinajstić information content (AvgIpc) is 2.69. The molecule has 0 spiro atoms. The van der Waals surface area contributed by atoms with Crippen LogP contribution in [0.4, 0.5) is 0 Å². The molecule has 2 unspecified atom stereocenters. The molecular formula is C13H19NO. The number of benzene rings is 1. The summed E-state index contributed by atoms with van der Waals surface area (Å²) >= 11 is 0. The second-order valence-corrected chi connectivity index (χ2v) is 4.40. The van der Waals surface area contributed by atoms with Crippen molar-refractivity contribution in [3.63, 3.8) is 0 Å². The largest absolute Gasteiger partial charge is 0.490 e. The van der Waals surface area contributed by atoms with E-state index in [4.69, 9.17) is 10.5 Å². The van der Waals surface area contributed by atoms with Crippen LogP contribution in [0.1, 0.15) is 24.8 Å². The average molecular weight is 205 g/mol. The third-order valence-electron chi connectivity index (χ3n) is 3.20. The number of hydrogen-bond donors (Lipinski definition) is 1. The standard InChI is InChI=1S/C13H19NO/c1-10-5-7-12(8-6-10)15-13-4-2-3-11(13)9-14/h5-8,11,13H,2-4,9,14H2,1H3. The molecule has 1 saturated carbocycles. The quantitative estimate of drug-likeness (QED) is 0.823. The Labute approximate surface area is 91.4 Å². The van der Waals surface area contributed by atoms with Gasteiger partial charge in [-0.2, -0.15) is 0 Å². The minimum absolute atomic E-state index is 0.331. The molecule has 0 saturated heterocycles. The molecule has 0 aromatic heterocycles. The number of hydrogen-bond acceptors (Lipinski definition) is 2. The van der Waals surface area contributed by atoms with Gasteiger partial charge in [-0.15, -0.1) is 0 Å². The lowest BCUT2D eigenvalue weighted by molar-refractivity contribution is 0.162. The minimum Gasteiger partial charge on any atom is -0.490 e. The zero-order valence-corrected chi connectivity index (χ0v) is 9.28. The van der Waals surface area contributed by atoms with Gasteiger partial charge in [0.1, 0.15) is 11.9 Å². The first kappa shape index (κ1) is 10.5. The maximum Gasteiger partial charge on any atom is 0.119 e. The summed E-state index contributed by atoms with van der Waals surface area (Å²) in [6.07, 6.45) is 3.94. The van der Waals surface area contributed by atoms with Gasteiger partial charge >= 0.3 is 0 Å². The molecule has 2 rings (SSSR count). The Morgan fingerprint density at radius 1 is 1.27 bits per heavy atom. The molecule has 0 radical (unpaired) electrons. The molecule has 1 aromatic rings. The molecule has 0 amide bonds. The highest BCUT2D eigenvalue weighted by molar-refractivity contribution is 5.26. The van der Waals surface area contributed by atoms with Crippen molar-refractivity contribution in [2.45, 2.75) is 32.3 Å². The van der Waals surface area contributed by atoms with Crippen molar-refractivity contribution in [1.82, 2.24) is 0 Å². The van der Waals surface area contributed by atoms with E-state index in [1.54, 1.807) is 0 Å². The summed E-state index contributed by atoms with van der Waals surface area (Å²) in [5.41, 5.74) is 6.99. The molecule has 0 aliphatic heterocycles. The van der Waals surface area contributed by atoms with Gasteiger partial charge in [-0.3, -0.25) is 0 Å². The zero-order chi connectivity index (χ0) is 10.7. The van der Waals surface area contributed by atoms with E-state index in [0.717, 1.165) is 18.7 Å². The molecule has 1 aliphatic rings. The molecular weight excluding hydrogens is 186 g/mol. The van der Waals surface area contributed by atoms with Gasteiger partial charge in [-0.1, -0.05) is 17.7 Å². The van der Waals surface area contributed by atoms with E-state index in [1.807, 2.05) is 12.1 Å². The van der Waals surface area contributed by atoms with Gasteiger partial charge < -0.3 is 10.5 Å². The highest BCUT2D eigenvalue weighted by Gasteiger charge is 2.27. The monoisotopic (exact) mass is 205 g/mol. The van der Waals surface area contributed by atoms with Crippen molar-refractivity contribution in [3.05, 3.63) is 29.8 Å². The van der Waals surface area contributed by atoms with Crippen LogP contribution in [0.3, 0.4) is 0 Å². The van der Waals surface area contributed by atoms with Crippen molar-refractivity contribution in [2.24, 2.45) is 11.7 Å². The van der Waals surface area contributed by atoms with Crippen LogP contribution in [0.15, 0.2) is 24.3 Å². The van der Waals surface area contributed by atoms with Crippen molar-refractivity contribution < 1.29 is 4.74 Å². The van der Waals surface area contributed by atoms with Crippen LogP contribution in [0.5, 0.6) is 5.75 Å². The van der Waals surface area contributed by atoms with Crippen LogP contribution in [-0.4, -0.2) is 12.6 Å². The predicted molar refractivity (Wildman–Crippen MR) is 62.0 cm³/mol. The third-order valence-corrected chi connectivity index (χ3v) is 3.20. The normalized spacial score (nSPS) is 25.5. The highest BCUT2D eigenvalue weighted by atomic mass is 16.5. The van der Waals surface area contributed by atoms with Gasteiger partial charge in [0.05, 0.1) is 0 Å². The van der Waals surface area contributed by atoms with Crippen LogP contribution in [0.25, 0.3) is 0 Å². The summed E-state index contributed by atoms with van der Waals surface area (Å²) in [5, 5.41) is 0. The Morgan fingerprint density at radius 2 is 2.00 bits per heavy atom. The third kappa shape index (κ3) is 2.51. The van der Waals surface area contributed by atoms with E-state index in [1.165, 1.54) is 18.4 Å². The van der Waals surface area contributed by atoms with E-state index < -0.39 is 0 Å². The molecule has 1 fully saturated rings. The Bertz CT molecular complexity index is 307. The summed E-state index contributed by atoms with van der Waals surface area (Å²) in [7, 11) is 0. The second kappa shape index (κ2) is 4.67. The Hall–Kier alpha value is -1.02. The van der Waals surface area contributed by atoms with Crippen LogP contribution >= 0.6 is 0 Å². The van der Waals surface area contributed by atoms with Crippen molar-refractivity contribution in [2.75, 3.05) is 6.54 Å². The lowest BCUT2D eigenvalue weighted by atomic mass is 10.1. The highest BCUT2D eigenvalue weighted by Crippen LogP contribution is 2.28. The first-order valence-electron chi connectivity index (χ1n) is 5.73. The SMILES string of the molecule is Cc1ccc(OC2CCCC2CN)cc1. The second-order valence-electron chi connectivity index (χ2n) is 4.40. The van der Waals surface area contributed by atoms with Gasteiger partial charge in [0.2, 0.25) is 0 Å². The van der Waals surface area contributed by atoms with Crippen LogP contribution in [0, 0.1) is 12.8 Å². The lowest BCUT2D eigenvalue weighted by Crippen LogP contribution is -2.27. The molecule has 2 atom stereocenters. The van der Waals surface area contributed by atoms with E-state index in [-0.39, 0.29) is 0 Å². The molecule has 15 heavy (non-hydrogen) atoms. The van der Waals surface area contributed by atoms with Gasteiger partial charge in [-0.05, 0) is 44.9 Å². The Kier molecular flexibility index (Phi) is 3.27. The van der Waals surface area contributed by atoms with Crippen LogP contribution in [-0.2, 0) is 0 Å². The lowest BCUT2D eigenvalue weighted by Gasteiger charge is -2.19. The summed E-state index contributed by atoms with van der Waals surface area (Å²) in [5.74, 6) is 1.53. The van der Waals surface area contributed by atoms with Crippen LogP contribution < -0.4 is 10.5 Å². The summed E-state index contributed by atoms with van der Waals surface area (Å²) < 4.78 is 5.95. The minimum atomic E-state index is 0.331. The van der Waals surface area contributed by atoms with E-state index >= 15 is 0 Å². The molecule has 0 heterocycles. The molecule has 1 aliphatic carbocycles. The van der Waals surface area contributed by atoms with Crippen molar-refractivity contribution in [3.8, 4) is 5.75 Å². The first-order chi connectivity index (χ1) is 7.29. The fourth-order valence-corrected chi connectivity index (χ4v) is 2.22. The fourth-order valence-electron chi connectivity index (χ4n) is 2.22. The maximum atomic E-state index is 5.95. The summed E-state index contributed by atoms with van der Waals surface area (Å²) in [6.45, 7) is 2.83. The first-order valence-corrected chi connectivity index (χ1v) is 5.73. The van der Waals surface area contributed by atoms with Crippen molar-refractivity contribution in [1.29, 1.82) is 0 Å². The Morgan fingerprint density at radius 3 is 2.67 bits per heavy atom. The topological polar surface area (TPSA) is 35.2 Å². The van der Waals surface area contributed by atoms with Crippen LogP contribution in [0.2, 0.25) is 0 Å². The van der Waals surface area contributed by atoms with Crippen molar-refractivity contribution >= 4 is 0 Å². The number of aryl methyl sites for hydroxylation is 1. The number of ether oxygens (including phenoxy) is 1. The molecule has 0 bridgehead atoms. The zero-order valence-electron chi connectivity index (χ0n) is 9.28. The number of rotatable bonds is 3. The van der Waals surface area contributed by atoms with E-state index in [9.17, 15) is 0 Å². The van der Waals surface area contributed by atoms with Gasteiger partial charge in [0.15, 0.2) is 0 Å². The van der Waals surface area contributed by atoms with E-state index in [2.05, 4.69) is 19.1 Å². The van der Waals surface area contributed by atoms with Gasteiger partial charge in [0.25, 0.3) is 0 Å². The fraction of sp³-hybridized carbons (Fsp3) is 0.538. The molecule has 2 nitrogen and oxygen atoms in total.